The van der Waals surface area contributed by atoms with Crippen molar-refractivity contribution >= 4 is 17.5 Å². The minimum Gasteiger partial charge on any atom is -0.346 e. The molecule has 0 aliphatic carbocycles. The first kappa shape index (κ1) is 22.1. The molecule has 0 unspecified atom stereocenters. The van der Waals surface area contributed by atoms with Crippen molar-refractivity contribution in [1.29, 1.82) is 0 Å². The Kier molecular flexibility index (Phi) is 6.41. The van der Waals surface area contributed by atoms with Crippen LogP contribution in [-0.2, 0) is 13.1 Å². The third kappa shape index (κ3) is 5.04. The largest absolute Gasteiger partial charge is 0.352 e. The summed E-state index contributed by atoms with van der Waals surface area (Å²) in [7, 11) is 0. The summed E-state index contributed by atoms with van der Waals surface area (Å²) in [5.74, 6) is -1.28. The molecule has 0 aliphatic heterocycles. The number of halogens is 2. The van der Waals surface area contributed by atoms with Crippen molar-refractivity contribution in [1.82, 2.24) is 24.6 Å². The van der Waals surface area contributed by atoms with Gasteiger partial charge in [-0.3, -0.25) is 19.1 Å². The van der Waals surface area contributed by atoms with E-state index in [1.807, 2.05) is 0 Å². The van der Waals surface area contributed by atoms with Gasteiger partial charge in [-0.1, -0.05) is 29.8 Å². The third-order valence-corrected chi connectivity index (χ3v) is 4.99. The molecule has 4 rings (SSSR count). The fraction of sp³-hybridized carbons (Fsp3) is 0.0870. The lowest BCUT2D eigenvalue weighted by atomic mass is 10.2. The van der Waals surface area contributed by atoms with Gasteiger partial charge in [0, 0.05) is 24.0 Å². The van der Waals surface area contributed by atoms with Gasteiger partial charge in [0.05, 0.1) is 12.2 Å². The standard InChI is InChI=1S/C23H17ClFN5O3/c24-17-4-2-6-19(12-17)30-23(33)29(14-16-3-1-5-18(25)11-16)22(32)20(28-30)21(31)27-13-15-7-9-26-10-8-15/h1-12H,13-14H2,(H,27,31). The second kappa shape index (κ2) is 9.58. The minimum absolute atomic E-state index is 0.128. The highest BCUT2D eigenvalue weighted by Gasteiger charge is 2.20. The molecule has 10 heteroatoms. The summed E-state index contributed by atoms with van der Waals surface area (Å²) in [6, 6.07) is 15.2. The molecule has 0 fully saturated rings. The Morgan fingerprint density at radius 1 is 1.00 bits per heavy atom. The molecule has 0 radical (unpaired) electrons. The average Bonchev–Trinajstić information content (AvgIpc) is 2.81. The molecule has 33 heavy (non-hydrogen) atoms. The molecular formula is C23H17ClFN5O3. The Morgan fingerprint density at radius 3 is 2.48 bits per heavy atom. The summed E-state index contributed by atoms with van der Waals surface area (Å²) in [6.07, 6.45) is 3.15. The number of carbonyl (C=O) groups excluding carboxylic acids is 1. The zero-order chi connectivity index (χ0) is 23.4. The second-order valence-electron chi connectivity index (χ2n) is 7.08. The number of amides is 1. The zero-order valence-corrected chi connectivity index (χ0v) is 17.9. The first-order chi connectivity index (χ1) is 15.9. The Labute approximate surface area is 191 Å². The van der Waals surface area contributed by atoms with E-state index >= 15 is 0 Å². The van der Waals surface area contributed by atoms with Crippen LogP contribution in [0.5, 0.6) is 0 Å². The summed E-state index contributed by atoms with van der Waals surface area (Å²) in [6.45, 7) is -0.119. The van der Waals surface area contributed by atoms with Gasteiger partial charge >= 0.3 is 5.69 Å². The normalized spacial score (nSPS) is 10.7. The van der Waals surface area contributed by atoms with Gasteiger partial charge in [-0.25, -0.2) is 9.18 Å². The van der Waals surface area contributed by atoms with Crippen molar-refractivity contribution in [3.63, 3.8) is 0 Å². The first-order valence-corrected chi connectivity index (χ1v) is 10.2. The molecular weight excluding hydrogens is 449 g/mol. The van der Waals surface area contributed by atoms with Crippen molar-refractivity contribution in [2.75, 3.05) is 0 Å². The SMILES string of the molecule is O=C(NCc1ccncc1)c1nn(-c2cccc(Cl)c2)c(=O)n(Cc2cccc(F)c2)c1=O. The average molecular weight is 466 g/mol. The lowest BCUT2D eigenvalue weighted by Gasteiger charge is -2.13. The number of benzene rings is 2. The molecule has 1 amide bonds. The van der Waals surface area contributed by atoms with Gasteiger partial charge in [0.25, 0.3) is 11.5 Å². The first-order valence-electron chi connectivity index (χ1n) is 9.84. The number of aromatic nitrogens is 4. The summed E-state index contributed by atoms with van der Waals surface area (Å²) in [5, 5.41) is 6.99. The smallest absolute Gasteiger partial charge is 0.346 e. The topological polar surface area (TPSA) is 98.9 Å². The van der Waals surface area contributed by atoms with E-state index in [-0.39, 0.29) is 18.8 Å². The number of hydrogen-bond acceptors (Lipinski definition) is 5. The predicted octanol–water partition coefficient (Wildman–Crippen LogP) is 2.56. The van der Waals surface area contributed by atoms with Crippen LogP contribution < -0.4 is 16.6 Å². The van der Waals surface area contributed by atoms with Gasteiger partial charge in [-0.2, -0.15) is 9.78 Å². The van der Waals surface area contributed by atoms with E-state index < -0.39 is 28.7 Å². The van der Waals surface area contributed by atoms with Crippen LogP contribution in [0.1, 0.15) is 21.6 Å². The molecule has 0 saturated heterocycles. The van der Waals surface area contributed by atoms with Crippen molar-refractivity contribution < 1.29 is 9.18 Å². The predicted molar refractivity (Wildman–Crippen MR) is 120 cm³/mol. The van der Waals surface area contributed by atoms with Gasteiger partial charge in [0.1, 0.15) is 5.82 Å². The number of nitrogens with one attached hydrogen (secondary N) is 1. The lowest BCUT2D eigenvalue weighted by Crippen LogP contribution is -2.46. The fourth-order valence-electron chi connectivity index (χ4n) is 3.16. The van der Waals surface area contributed by atoms with Crippen LogP contribution >= 0.6 is 11.6 Å². The molecule has 0 spiro atoms. The maximum absolute atomic E-state index is 13.7. The highest BCUT2D eigenvalue weighted by Crippen LogP contribution is 2.12. The Bertz CT molecular complexity index is 1440. The summed E-state index contributed by atoms with van der Waals surface area (Å²) in [4.78, 5) is 43.0. The van der Waals surface area contributed by atoms with Gasteiger partial charge < -0.3 is 5.32 Å². The molecule has 0 aliphatic rings. The molecule has 0 atom stereocenters. The second-order valence-corrected chi connectivity index (χ2v) is 7.52. The minimum atomic E-state index is -0.894. The van der Waals surface area contributed by atoms with Gasteiger partial charge in [-0.05, 0) is 53.6 Å². The number of rotatable bonds is 6. The van der Waals surface area contributed by atoms with E-state index in [4.69, 9.17) is 11.6 Å². The van der Waals surface area contributed by atoms with E-state index in [1.165, 1.54) is 24.3 Å². The number of carbonyl (C=O) groups is 1. The number of hydrogen-bond donors (Lipinski definition) is 1. The zero-order valence-electron chi connectivity index (χ0n) is 17.1. The molecule has 8 nitrogen and oxygen atoms in total. The van der Waals surface area contributed by atoms with Crippen LogP contribution in [0.4, 0.5) is 4.39 Å². The molecule has 2 aromatic heterocycles. The van der Waals surface area contributed by atoms with E-state index in [0.29, 0.717) is 10.6 Å². The number of nitrogens with zero attached hydrogens (tertiary/aromatic N) is 4. The van der Waals surface area contributed by atoms with Crippen LogP contribution in [0.25, 0.3) is 5.69 Å². The van der Waals surface area contributed by atoms with E-state index in [9.17, 15) is 18.8 Å². The quantitative estimate of drug-likeness (QED) is 0.472. The van der Waals surface area contributed by atoms with Gasteiger partial charge in [-0.15, -0.1) is 0 Å². The van der Waals surface area contributed by atoms with Crippen molar-refractivity contribution in [3.05, 3.63) is 122 Å². The Balaban J connectivity index is 1.79. The molecule has 166 valence electrons. The highest BCUT2D eigenvalue weighted by atomic mass is 35.5. The van der Waals surface area contributed by atoms with Crippen molar-refractivity contribution in [2.24, 2.45) is 0 Å². The van der Waals surface area contributed by atoms with Crippen LogP contribution in [0.2, 0.25) is 5.02 Å². The van der Waals surface area contributed by atoms with E-state index in [1.54, 1.807) is 48.8 Å². The molecule has 2 aromatic carbocycles. The molecule has 1 N–H and O–H groups in total. The third-order valence-electron chi connectivity index (χ3n) is 4.76. The van der Waals surface area contributed by atoms with E-state index in [2.05, 4.69) is 15.4 Å². The van der Waals surface area contributed by atoms with Crippen molar-refractivity contribution in [2.45, 2.75) is 13.1 Å². The number of pyridine rings is 1. The van der Waals surface area contributed by atoms with Crippen LogP contribution in [0.15, 0.2) is 82.6 Å². The molecule has 0 saturated carbocycles. The van der Waals surface area contributed by atoms with Gasteiger partial charge in [0.2, 0.25) is 5.69 Å². The Morgan fingerprint density at radius 2 is 1.76 bits per heavy atom. The van der Waals surface area contributed by atoms with Crippen LogP contribution in [0, 0.1) is 5.82 Å². The molecule has 4 aromatic rings. The Hall–Kier alpha value is -4.11. The summed E-state index contributed by atoms with van der Waals surface area (Å²) < 4.78 is 15.4. The van der Waals surface area contributed by atoms with E-state index in [0.717, 1.165) is 14.8 Å². The summed E-state index contributed by atoms with van der Waals surface area (Å²) >= 11 is 6.05. The highest BCUT2D eigenvalue weighted by molar-refractivity contribution is 6.30. The molecule has 2 heterocycles. The molecule has 0 bridgehead atoms. The monoisotopic (exact) mass is 465 g/mol. The summed E-state index contributed by atoms with van der Waals surface area (Å²) in [5.41, 5.74) is -0.765. The lowest BCUT2D eigenvalue weighted by molar-refractivity contribution is 0.0941. The fourth-order valence-corrected chi connectivity index (χ4v) is 3.34. The van der Waals surface area contributed by atoms with Crippen molar-refractivity contribution in [3.8, 4) is 5.69 Å². The maximum atomic E-state index is 13.7. The van der Waals surface area contributed by atoms with Crippen LogP contribution in [0.3, 0.4) is 0 Å². The maximum Gasteiger partial charge on any atom is 0.352 e. The van der Waals surface area contributed by atoms with Crippen LogP contribution in [-0.4, -0.2) is 25.2 Å². The van der Waals surface area contributed by atoms with Gasteiger partial charge in [0.15, 0.2) is 0 Å².